The van der Waals surface area contributed by atoms with E-state index in [9.17, 15) is 0 Å². The summed E-state index contributed by atoms with van der Waals surface area (Å²) in [6.07, 6.45) is 0. The number of hydrogen-bond donors (Lipinski definition) is 2. The molecular formula is C11H18N2. The number of aryl methyl sites for hydroxylation is 1. The minimum atomic E-state index is -0.301. The van der Waals surface area contributed by atoms with Gasteiger partial charge in [0.15, 0.2) is 0 Å². The van der Waals surface area contributed by atoms with Crippen molar-refractivity contribution in [3.05, 3.63) is 35.4 Å². The van der Waals surface area contributed by atoms with E-state index in [4.69, 9.17) is 5.73 Å². The summed E-state index contributed by atoms with van der Waals surface area (Å²) < 4.78 is 0. The van der Waals surface area contributed by atoms with Crippen LogP contribution in [0, 0.1) is 6.92 Å². The summed E-state index contributed by atoms with van der Waals surface area (Å²) in [4.78, 5) is 0. The van der Waals surface area contributed by atoms with Gasteiger partial charge in [0.2, 0.25) is 0 Å². The third-order valence-corrected chi connectivity index (χ3v) is 1.87. The molecule has 0 unspecified atom stereocenters. The van der Waals surface area contributed by atoms with E-state index < -0.39 is 0 Å². The van der Waals surface area contributed by atoms with Gasteiger partial charge in [-0.15, -0.1) is 0 Å². The molecule has 2 heteroatoms. The zero-order chi connectivity index (χ0) is 9.90. The van der Waals surface area contributed by atoms with Gasteiger partial charge in [0.1, 0.15) is 0 Å². The Morgan fingerprint density at radius 3 is 2.23 bits per heavy atom. The molecule has 0 spiro atoms. The Hall–Kier alpha value is -0.860. The molecule has 0 aliphatic carbocycles. The smallest absolute Gasteiger partial charge is 0.0606 e. The van der Waals surface area contributed by atoms with Crippen LogP contribution in [0.25, 0.3) is 0 Å². The van der Waals surface area contributed by atoms with Crippen LogP contribution < -0.4 is 11.1 Å². The average molecular weight is 178 g/mol. The predicted molar refractivity (Wildman–Crippen MR) is 56.3 cm³/mol. The Bertz CT molecular complexity index is 256. The van der Waals surface area contributed by atoms with Gasteiger partial charge in [-0.1, -0.05) is 29.8 Å². The minimum Gasteiger partial charge on any atom is -0.314 e. The highest BCUT2D eigenvalue weighted by atomic mass is 15.1. The Morgan fingerprint density at radius 2 is 1.77 bits per heavy atom. The highest BCUT2D eigenvalue weighted by molar-refractivity contribution is 5.21. The van der Waals surface area contributed by atoms with E-state index in [2.05, 4.69) is 36.5 Å². The molecule has 0 bridgehead atoms. The zero-order valence-corrected chi connectivity index (χ0v) is 8.59. The third kappa shape index (κ3) is 4.06. The van der Waals surface area contributed by atoms with E-state index in [-0.39, 0.29) is 5.66 Å². The topological polar surface area (TPSA) is 38.0 Å². The Balaban J connectivity index is 2.51. The maximum atomic E-state index is 5.80. The number of benzene rings is 1. The first-order valence-corrected chi connectivity index (χ1v) is 4.57. The maximum absolute atomic E-state index is 5.80. The molecule has 0 atom stereocenters. The SMILES string of the molecule is Cc1ccc(CNC(C)(C)N)cc1. The van der Waals surface area contributed by atoms with E-state index in [1.54, 1.807) is 0 Å². The van der Waals surface area contributed by atoms with Gasteiger partial charge >= 0.3 is 0 Å². The van der Waals surface area contributed by atoms with Gasteiger partial charge in [-0.25, -0.2) is 0 Å². The lowest BCUT2D eigenvalue weighted by Gasteiger charge is -2.20. The van der Waals surface area contributed by atoms with Gasteiger partial charge in [0, 0.05) is 6.54 Å². The van der Waals surface area contributed by atoms with Crippen LogP contribution in [0.4, 0.5) is 0 Å². The van der Waals surface area contributed by atoms with Crippen LogP contribution in [-0.4, -0.2) is 5.66 Å². The second-order valence-corrected chi connectivity index (χ2v) is 4.06. The summed E-state index contributed by atoms with van der Waals surface area (Å²) in [7, 11) is 0. The molecule has 3 N–H and O–H groups in total. The third-order valence-electron chi connectivity index (χ3n) is 1.87. The van der Waals surface area contributed by atoms with Crippen LogP contribution in [0.3, 0.4) is 0 Å². The first kappa shape index (κ1) is 10.2. The largest absolute Gasteiger partial charge is 0.314 e. The first-order chi connectivity index (χ1) is 5.97. The fourth-order valence-corrected chi connectivity index (χ4v) is 1.04. The number of hydrogen-bond acceptors (Lipinski definition) is 2. The lowest BCUT2D eigenvalue weighted by Crippen LogP contribution is -2.47. The number of nitrogens with one attached hydrogen (secondary N) is 1. The monoisotopic (exact) mass is 178 g/mol. The van der Waals surface area contributed by atoms with Crippen molar-refractivity contribution in [1.29, 1.82) is 0 Å². The summed E-state index contributed by atoms with van der Waals surface area (Å²) >= 11 is 0. The number of rotatable bonds is 3. The molecule has 0 aromatic heterocycles. The second-order valence-electron chi connectivity index (χ2n) is 4.06. The molecule has 1 aromatic rings. The van der Waals surface area contributed by atoms with Gasteiger partial charge in [-0.2, -0.15) is 0 Å². The van der Waals surface area contributed by atoms with E-state index >= 15 is 0 Å². The van der Waals surface area contributed by atoms with E-state index in [1.165, 1.54) is 11.1 Å². The highest BCUT2D eigenvalue weighted by Crippen LogP contribution is 2.03. The van der Waals surface area contributed by atoms with E-state index in [1.807, 2.05) is 13.8 Å². The van der Waals surface area contributed by atoms with Crippen LogP contribution in [0.5, 0.6) is 0 Å². The van der Waals surface area contributed by atoms with Crippen molar-refractivity contribution in [2.75, 3.05) is 0 Å². The highest BCUT2D eigenvalue weighted by Gasteiger charge is 2.07. The molecule has 0 radical (unpaired) electrons. The molecule has 2 nitrogen and oxygen atoms in total. The zero-order valence-electron chi connectivity index (χ0n) is 8.59. The van der Waals surface area contributed by atoms with Crippen LogP contribution in [-0.2, 0) is 6.54 Å². The lowest BCUT2D eigenvalue weighted by molar-refractivity contribution is 0.401. The minimum absolute atomic E-state index is 0.301. The molecule has 0 fully saturated rings. The molecule has 0 saturated carbocycles. The van der Waals surface area contributed by atoms with Crippen LogP contribution in [0.15, 0.2) is 24.3 Å². The van der Waals surface area contributed by atoms with E-state index in [0.717, 1.165) is 6.54 Å². The predicted octanol–water partition coefficient (Wildman–Crippen LogP) is 1.78. The first-order valence-electron chi connectivity index (χ1n) is 4.57. The fraction of sp³-hybridized carbons (Fsp3) is 0.455. The quantitative estimate of drug-likeness (QED) is 0.692. The van der Waals surface area contributed by atoms with Crippen molar-refractivity contribution in [1.82, 2.24) is 5.32 Å². The van der Waals surface area contributed by atoms with Gasteiger partial charge in [-0.3, -0.25) is 5.32 Å². The molecule has 13 heavy (non-hydrogen) atoms. The molecule has 0 heterocycles. The van der Waals surface area contributed by atoms with Crippen LogP contribution >= 0.6 is 0 Å². The molecule has 0 aliphatic rings. The van der Waals surface area contributed by atoms with Gasteiger partial charge < -0.3 is 5.73 Å². The van der Waals surface area contributed by atoms with Crippen molar-refractivity contribution in [2.45, 2.75) is 33.0 Å². The number of nitrogens with two attached hydrogens (primary N) is 1. The molecular weight excluding hydrogens is 160 g/mol. The summed E-state index contributed by atoms with van der Waals surface area (Å²) in [5.41, 5.74) is 8.06. The standard InChI is InChI=1S/C11H18N2/c1-9-4-6-10(7-5-9)8-13-11(2,3)12/h4-7,13H,8,12H2,1-3H3. The molecule has 0 saturated heterocycles. The van der Waals surface area contributed by atoms with Gasteiger partial charge in [-0.05, 0) is 26.3 Å². The van der Waals surface area contributed by atoms with Crippen LogP contribution in [0.2, 0.25) is 0 Å². The van der Waals surface area contributed by atoms with Crippen molar-refractivity contribution in [3.8, 4) is 0 Å². The molecule has 0 amide bonds. The fourth-order valence-electron chi connectivity index (χ4n) is 1.04. The second kappa shape index (κ2) is 3.90. The molecule has 72 valence electrons. The summed E-state index contributed by atoms with van der Waals surface area (Å²) in [5.74, 6) is 0. The lowest BCUT2D eigenvalue weighted by atomic mass is 10.1. The Labute approximate surface area is 80.1 Å². The molecule has 1 aromatic carbocycles. The average Bonchev–Trinajstić information content (AvgIpc) is 2.02. The Morgan fingerprint density at radius 1 is 1.23 bits per heavy atom. The summed E-state index contributed by atoms with van der Waals surface area (Å²) in [5, 5.41) is 3.24. The normalized spacial score (nSPS) is 11.7. The van der Waals surface area contributed by atoms with Crippen molar-refractivity contribution < 1.29 is 0 Å². The summed E-state index contributed by atoms with van der Waals surface area (Å²) in [6.45, 7) is 6.83. The summed E-state index contributed by atoms with van der Waals surface area (Å²) in [6, 6.07) is 8.46. The van der Waals surface area contributed by atoms with Gasteiger partial charge in [0.05, 0.1) is 5.66 Å². The van der Waals surface area contributed by atoms with Crippen LogP contribution in [0.1, 0.15) is 25.0 Å². The van der Waals surface area contributed by atoms with Crippen molar-refractivity contribution in [2.24, 2.45) is 5.73 Å². The van der Waals surface area contributed by atoms with Crippen molar-refractivity contribution >= 4 is 0 Å². The molecule has 0 aliphatic heterocycles. The maximum Gasteiger partial charge on any atom is 0.0606 e. The molecule has 1 rings (SSSR count). The van der Waals surface area contributed by atoms with E-state index in [0.29, 0.717) is 0 Å². The Kier molecular flexibility index (Phi) is 3.07. The van der Waals surface area contributed by atoms with Gasteiger partial charge in [0.25, 0.3) is 0 Å². The van der Waals surface area contributed by atoms with Crippen molar-refractivity contribution in [3.63, 3.8) is 0 Å².